The second-order valence-electron chi connectivity index (χ2n) is 10.8. The molecule has 5 N–H and O–H groups in total. The lowest BCUT2D eigenvalue weighted by Gasteiger charge is -2.40. The van der Waals surface area contributed by atoms with Gasteiger partial charge >= 0.3 is 0 Å². The van der Waals surface area contributed by atoms with E-state index in [0.29, 0.717) is 47.2 Å². The van der Waals surface area contributed by atoms with E-state index in [0.717, 1.165) is 31.6 Å². The summed E-state index contributed by atoms with van der Waals surface area (Å²) in [5, 5.41) is 12.9. The molecule has 2 aliphatic heterocycles. The Labute approximate surface area is 243 Å². The molecule has 218 valence electrons. The van der Waals surface area contributed by atoms with Gasteiger partial charge in [0, 0.05) is 36.6 Å². The fourth-order valence-corrected chi connectivity index (χ4v) is 6.72. The van der Waals surface area contributed by atoms with Crippen LogP contribution < -0.4 is 21.1 Å². The van der Waals surface area contributed by atoms with Gasteiger partial charge in [-0.25, -0.2) is 13.6 Å². The number of benzene rings is 3. The second-order valence-corrected chi connectivity index (χ2v) is 12.4. The molecule has 11 nitrogen and oxygen atoms in total. The Balaban J connectivity index is 1.25. The summed E-state index contributed by atoms with van der Waals surface area (Å²) in [5.41, 5.74) is 9.01. The largest absolute Gasteiger partial charge is 0.380 e. The molecule has 0 radical (unpaired) electrons. The number of nitrogens with one attached hydrogen (secondary N) is 1. The number of likely N-dealkylation sites (tertiary alicyclic amines) is 1. The van der Waals surface area contributed by atoms with E-state index in [1.807, 2.05) is 21.9 Å². The zero-order valence-corrected chi connectivity index (χ0v) is 23.7. The quantitative estimate of drug-likeness (QED) is 0.308. The molecule has 0 saturated carbocycles. The third-order valence-corrected chi connectivity index (χ3v) is 9.09. The lowest BCUT2D eigenvalue weighted by atomic mass is 9.90. The molecule has 1 aromatic heterocycles. The number of hydrogen-bond acceptors (Lipinski definition) is 8. The first-order chi connectivity index (χ1) is 20.2. The first-order valence-electron chi connectivity index (χ1n) is 13.9. The fourth-order valence-electron chi connectivity index (χ4n) is 5.96. The summed E-state index contributed by atoms with van der Waals surface area (Å²) < 4.78 is 29.4. The van der Waals surface area contributed by atoms with Crippen molar-refractivity contribution >= 4 is 50.0 Å². The first kappa shape index (κ1) is 27.7. The average molecular weight is 589 g/mol. The molecule has 0 bridgehead atoms. The number of anilines is 3. The number of nitrogens with two attached hydrogens (primary N) is 2. The molecule has 2 fully saturated rings. The Morgan fingerprint density at radius 2 is 1.71 bits per heavy atom. The van der Waals surface area contributed by atoms with E-state index in [1.54, 1.807) is 48.5 Å². The molecule has 42 heavy (non-hydrogen) atoms. The number of nitrogens with zero attached hydrogens (tertiary/aromatic N) is 3. The van der Waals surface area contributed by atoms with Crippen LogP contribution in [-0.4, -0.2) is 56.0 Å². The van der Waals surface area contributed by atoms with Crippen molar-refractivity contribution in [2.45, 2.75) is 36.6 Å². The monoisotopic (exact) mass is 588 g/mol. The van der Waals surface area contributed by atoms with Gasteiger partial charge in [-0.15, -0.1) is 0 Å². The number of fused-ring (bicyclic) bond motifs is 1. The Morgan fingerprint density at radius 3 is 2.45 bits per heavy atom. The lowest BCUT2D eigenvalue weighted by Crippen LogP contribution is -2.53. The third-order valence-electron chi connectivity index (χ3n) is 8.12. The predicted molar refractivity (Wildman–Crippen MR) is 160 cm³/mol. The number of hydrogen-bond donors (Lipinski definition) is 3. The average Bonchev–Trinajstić information content (AvgIpc) is 3.67. The highest BCUT2D eigenvalue weighted by atomic mass is 32.2. The van der Waals surface area contributed by atoms with Crippen LogP contribution in [0.4, 0.5) is 17.2 Å². The van der Waals surface area contributed by atoms with Crippen molar-refractivity contribution in [1.82, 2.24) is 10.1 Å². The number of piperidine rings is 1. The highest BCUT2D eigenvalue weighted by Gasteiger charge is 2.38. The van der Waals surface area contributed by atoms with Crippen LogP contribution in [0.2, 0.25) is 0 Å². The van der Waals surface area contributed by atoms with E-state index in [1.165, 1.54) is 6.07 Å². The van der Waals surface area contributed by atoms with Crippen LogP contribution in [0.5, 0.6) is 0 Å². The Hall–Kier alpha value is -4.42. The van der Waals surface area contributed by atoms with Crippen LogP contribution in [0.3, 0.4) is 0 Å². The zero-order valence-electron chi connectivity index (χ0n) is 22.9. The van der Waals surface area contributed by atoms with Crippen molar-refractivity contribution in [2.24, 2.45) is 11.1 Å². The van der Waals surface area contributed by atoms with Gasteiger partial charge in [0.1, 0.15) is 6.04 Å². The van der Waals surface area contributed by atoms with Gasteiger partial charge in [-0.2, -0.15) is 0 Å². The molecule has 0 aliphatic carbocycles. The van der Waals surface area contributed by atoms with Crippen LogP contribution in [0.15, 0.2) is 76.1 Å². The summed E-state index contributed by atoms with van der Waals surface area (Å²) in [6.45, 7) is 1.95. The van der Waals surface area contributed by atoms with Crippen LogP contribution in [-0.2, 0) is 19.6 Å². The van der Waals surface area contributed by atoms with Crippen molar-refractivity contribution in [2.75, 3.05) is 35.6 Å². The number of rotatable bonds is 6. The SMILES string of the molecule is Nc1noc2ccc(N3CC(C(=O)N4CCCC4)CCC3C(=O)Nc3ccc(-c4ccccc4S(N)(=O)=O)cc3)cc12. The highest BCUT2D eigenvalue weighted by molar-refractivity contribution is 7.89. The van der Waals surface area contributed by atoms with Crippen LogP contribution >= 0.6 is 0 Å². The second kappa shape index (κ2) is 11.1. The number of sulfonamides is 1. The van der Waals surface area contributed by atoms with Crippen LogP contribution in [0.25, 0.3) is 22.1 Å². The molecule has 2 amide bonds. The van der Waals surface area contributed by atoms with Gasteiger partial charge in [0.15, 0.2) is 11.4 Å². The van der Waals surface area contributed by atoms with Gasteiger partial charge in [-0.05, 0) is 67.6 Å². The van der Waals surface area contributed by atoms with E-state index in [-0.39, 0.29) is 28.4 Å². The van der Waals surface area contributed by atoms with E-state index < -0.39 is 16.1 Å². The van der Waals surface area contributed by atoms with Crippen molar-refractivity contribution in [3.63, 3.8) is 0 Å². The highest BCUT2D eigenvalue weighted by Crippen LogP contribution is 2.34. The summed E-state index contributed by atoms with van der Waals surface area (Å²) in [6.07, 6.45) is 3.13. The van der Waals surface area contributed by atoms with Gasteiger partial charge in [-0.1, -0.05) is 35.5 Å². The Kier molecular flexibility index (Phi) is 7.33. The molecular formula is C30H32N6O5S. The van der Waals surface area contributed by atoms with Gasteiger partial charge in [-0.3, -0.25) is 9.59 Å². The minimum absolute atomic E-state index is 0.0306. The minimum atomic E-state index is -3.91. The number of carbonyl (C=O) groups is 2. The molecule has 6 rings (SSSR count). The third kappa shape index (κ3) is 5.42. The zero-order chi connectivity index (χ0) is 29.4. The fraction of sp³-hybridized carbons (Fsp3) is 0.300. The van der Waals surface area contributed by atoms with Gasteiger partial charge in [0.2, 0.25) is 21.8 Å². The van der Waals surface area contributed by atoms with Gasteiger partial charge in [0.05, 0.1) is 16.2 Å². The van der Waals surface area contributed by atoms with Crippen molar-refractivity contribution in [3.05, 3.63) is 66.7 Å². The normalized spacial score (nSPS) is 19.3. The minimum Gasteiger partial charge on any atom is -0.380 e. The maximum atomic E-state index is 13.7. The summed E-state index contributed by atoms with van der Waals surface area (Å²) >= 11 is 0. The molecule has 3 heterocycles. The number of carbonyl (C=O) groups excluding carboxylic acids is 2. The predicted octanol–water partition coefficient (Wildman–Crippen LogP) is 3.57. The summed E-state index contributed by atoms with van der Waals surface area (Å²) in [6, 6.07) is 18.4. The summed E-state index contributed by atoms with van der Waals surface area (Å²) in [5.74, 6) is -0.0325. The van der Waals surface area contributed by atoms with E-state index >= 15 is 0 Å². The summed E-state index contributed by atoms with van der Waals surface area (Å²) in [7, 11) is -3.91. The number of nitrogen functional groups attached to an aromatic ring is 1. The molecule has 0 spiro atoms. The topological polar surface area (TPSA) is 165 Å². The van der Waals surface area contributed by atoms with E-state index in [2.05, 4.69) is 10.5 Å². The lowest BCUT2D eigenvalue weighted by molar-refractivity contribution is -0.135. The molecule has 3 aromatic carbocycles. The summed E-state index contributed by atoms with van der Waals surface area (Å²) in [4.78, 5) is 31.0. The number of primary sulfonamides is 1. The van der Waals surface area contributed by atoms with Gasteiger partial charge < -0.3 is 25.4 Å². The van der Waals surface area contributed by atoms with Crippen molar-refractivity contribution in [3.8, 4) is 11.1 Å². The molecule has 2 saturated heterocycles. The Morgan fingerprint density at radius 1 is 0.976 bits per heavy atom. The van der Waals surface area contributed by atoms with Crippen molar-refractivity contribution < 1.29 is 22.5 Å². The van der Waals surface area contributed by atoms with E-state index in [4.69, 9.17) is 15.4 Å². The van der Waals surface area contributed by atoms with E-state index in [9.17, 15) is 18.0 Å². The molecule has 2 atom stereocenters. The molecule has 12 heteroatoms. The van der Waals surface area contributed by atoms with Crippen LogP contribution in [0, 0.1) is 5.92 Å². The smallest absolute Gasteiger partial charge is 0.247 e. The van der Waals surface area contributed by atoms with Gasteiger partial charge in [0.25, 0.3) is 0 Å². The molecule has 2 unspecified atom stereocenters. The standard InChI is InChI=1S/C30H32N6O5S/c31-28-24-17-22(12-14-26(24)41-34-28)36-18-20(30(38)35-15-3-4-16-35)9-13-25(36)29(37)33-21-10-7-19(8-11-21)23-5-1-2-6-27(23)42(32,39)40/h1-2,5-8,10-12,14,17,20,25H,3-4,9,13,15-16,18H2,(H2,31,34)(H,33,37)(H2,32,39,40). The number of amides is 2. The first-order valence-corrected chi connectivity index (χ1v) is 15.5. The van der Waals surface area contributed by atoms with Crippen LogP contribution in [0.1, 0.15) is 25.7 Å². The maximum Gasteiger partial charge on any atom is 0.247 e. The number of aromatic nitrogens is 1. The van der Waals surface area contributed by atoms with Crippen molar-refractivity contribution in [1.29, 1.82) is 0 Å². The molecule has 2 aliphatic rings. The maximum absolute atomic E-state index is 13.7. The molecular weight excluding hydrogens is 556 g/mol. The Bertz CT molecular complexity index is 1750. The molecule has 4 aromatic rings.